The van der Waals surface area contributed by atoms with Gasteiger partial charge in [0.1, 0.15) is 0 Å². The van der Waals surface area contributed by atoms with Crippen molar-refractivity contribution in [3.8, 4) is 0 Å². The van der Waals surface area contributed by atoms with E-state index in [0.29, 0.717) is 19.0 Å². The van der Waals surface area contributed by atoms with E-state index in [0.717, 1.165) is 24.4 Å². The molecule has 0 atom stereocenters. The molecule has 0 aliphatic rings. The van der Waals surface area contributed by atoms with E-state index in [4.69, 9.17) is 0 Å². The Labute approximate surface area is 177 Å². The highest BCUT2D eigenvalue weighted by molar-refractivity contribution is 14.0. The molecule has 0 saturated carbocycles. The molecule has 0 saturated heterocycles. The summed E-state index contributed by atoms with van der Waals surface area (Å²) < 4.78 is 0. The van der Waals surface area contributed by atoms with Crippen LogP contribution in [0.15, 0.2) is 53.8 Å². The number of carbonyl (C=O) groups excluding carboxylic acids is 1. The van der Waals surface area contributed by atoms with E-state index in [2.05, 4.69) is 25.6 Å². The Hall–Kier alpha value is -2.23. The Morgan fingerprint density at radius 3 is 2.33 bits per heavy atom. The largest absolute Gasteiger partial charge is 0.357 e. The second-order valence-electron chi connectivity index (χ2n) is 5.76. The summed E-state index contributed by atoms with van der Waals surface area (Å²) in [6, 6.07) is 11.5. The molecule has 0 radical (unpaired) electrons. The molecule has 0 fully saturated rings. The Kier molecular flexibility index (Phi) is 11.0. The van der Waals surface area contributed by atoms with Crippen molar-refractivity contribution in [3.63, 3.8) is 0 Å². The number of hydrogen-bond donors (Lipinski definition) is 2. The Bertz CT molecular complexity index is 696. The first-order valence-corrected chi connectivity index (χ1v) is 8.75. The van der Waals surface area contributed by atoms with Gasteiger partial charge in [-0.15, -0.1) is 24.0 Å². The van der Waals surface area contributed by atoms with Crippen LogP contribution in [0, 0.1) is 0 Å². The maximum absolute atomic E-state index is 12.3. The standard InChI is InChI=1S/C19H26N6O.HI/c1-3-20-19(23-14-17-9-5-7-12-22-17)24-15-18(26)25(2)13-10-16-8-4-6-11-21-16;/h4-9,11-12H,3,10,13-15H2,1-2H3,(H2,20,23,24);1H. The monoisotopic (exact) mass is 482 g/mol. The number of aliphatic imine (C=N–C) groups is 1. The van der Waals surface area contributed by atoms with Gasteiger partial charge in [0.05, 0.1) is 18.8 Å². The molecule has 1 amide bonds. The fraction of sp³-hybridized carbons (Fsp3) is 0.368. The van der Waals surface area contributed by atoms with Crippen molar-refractivity contribution in [2.24, 2.45) is 4.99 Å². The molecule has 0 bridgehead atoms. The van der Waals surface area contributed by atoms with Crippen LogP contribution in [0.3, 0.4) is 0 Å². The van der Waals surface area contributed by atoms with E-state index in [1.54, 1.807) is 24.3 Å². The zero-order chi connectivity index (χ0) is 18.6. The van der Waals surface area contributed by atoms with Gasteiger partial charge < -0.3 is 15.5 Å². The van der Waals surface area contributed by atoms with E-state index in [1.807, 2.05) is 43.3 Å². The minimum absolute atomic E-state index is 0. The van der Waals surface area contributed by atoms with Crippen LogP contribution in [0.4, 0.5) is 0 Å². The Morgan fingerprint density at radius 2 is 1.74 bits per heavy atom. The minimum Gasteiger partial charge on any atom is -0.357 e. The highest BCUT2D eigenvalue weighted by Crippen LogP contribution is 1.97. The molecule has 27 heavy (non-hydrogen) atoms. The molecule has 7 nitrogen and oxygen atoms in total. The van der Waals surface area contributed by atoms with Crippen LogP contribution in [0.5, 0.6) is 0 Å². The van der Waals surface area contributed by atoms with Crippen LogP contribution < -0.4 is 10.6 Å². The molecular formula is C19H27IN6O. The van der Waals surface area contributed by atoms with Gasteiger partial charge >= 0.3 is 0 Å². The number of aromatic nitrogens is 2. The van der Waals surface area contributed by atoms with Crippen molar-refractivity contribution in [1.29, 1.82) is 0 Å². The second kappa shape index (κ2) is 13.0. The molecule has 0 aliphatic heterocycles. The molecule has 2 N–H and O–H groups in total. The summed E-state index contributed by atoms with van der Waals surface area (Å²) in [5, 5.41) is 6.21. The first kappa shape index (κ1) is 22.8. The number of likely N-dealkylation sites (N-methyl/N-ethyl adjacent to an activating group) is 1. The van der Waals surface area contributed by atoms with Crippen LogP contribution in [0.1, 0.15) is 18.3 Å². The van der Waals surface area contributed by atoms with E-state index < -0.39 is 0 Å². The number of guanidine groups is 1. The van der Waals surface area contributed by atoms with Gasteiger partial charge in [0.25, 0.3) is 0 Å². The molecule has 0 aliphatic carbocycles. The summed E-state index contributed by atoms with van der Waals surface area (Å²) in [5.74, 6) is 0.606. The molecule has 146 valence electrons. The summed E-state index contributed by atoms with van der Waals surface area (Å²) in [7, 11) is 1.80. The number of nitrogens with zero attached hydrogens (tertiary/aromatic N) is 4. The van der Waals surface area contributed by atoms with Crippen LogP contribution in [-0.2, 0) is 17.8 Å². The van der Waals surface area contributed by atoms with Gasteiger partial charge in [-0.2, -0.15) is 0 Å². The number of pyridine rings is 2. The first-order chi connectivity index (χ1) is 12.7. The molecule has 0 aromatic carbocycles. The zero-order valence-corrected chi connectivity index (χ0v) is 18.1. The molecule has 0 unspecified atom stereocenters. The number of nitrogens with one attached hydrogen (secondary N) is 2. The van der Waals surface area contributed by atoms with Crippen LogP contribution in [0.25, 0.3) is 0 Å². The number of rotatable bonds is 8. The normalized spacial score (nSPS) is 10.7. The van der Waals surface area contributed by atoms with Gasteiger partial charge in [0.15, 0.2) is 5.96 Å². The maximum atomic E-state index is 12.3. The quantitative estimate of drug-likeness (QED) is 0.341. The molecule has 2 aromatic rings. The fourth-order valence-electron chi connectivity index (χ4n) is 2.24. The lowest BCUT2D eigenvalue weighted by Crippen LogP contribution is -2.44. The van der Waals surface area contributed by atoms with E-state index in [1.165, 1.54) is 0 Å². The average Bonchev–Trinajstić information content (AvgIpc) is 2.69. The SMILES string of the molecule is CCNC(=NCc1ccccn1)NCC(=O)N(C)CCc1ccccn1.I. The first-order valence-electron chi connectivity index (χ1n) is 8.75. The number of amides is 1. The van der Waals surface area contributed by atoms with Crippen molar-refractivity contribution in [1.82, 2.24) is 25.5 Å². The number of hydrogen-bond acceptors (Lipinski definition) is 4. The maximum Gasteiger partial charge on any atom is 0.241 e. The molecule has 0 spiro atoms. The van der Waals surface area contributed by atoms with Crippen molar-refractivity contribution >= 4 is 35.8 Å². The highest BCUT2D eigenvalue weighted by Gasteiger charge is 2.10. The predicted octanol–water partition coefficient (Wildman–Crippen LogP) is 1.85. The van der Waals surface area contributed by atoms with E-state index in [9.17, 15) is 4.79 Å². The number of carbonyl (C=O) groups is 1. The molecule has 2 aromatic heterocycles. The fourth-order valence-corrected chi connectivity index (χ4v) is 2.24. The smallest absolute Gasteiger partial charge is 0.241 e. The number of halogens is 1. The predicted molar refractivity (Wildman–Crippen MR) is 118 cm³/mol. The van der Waals surface area contributed by atoms with Gasteiger partial charge in [-0.05, 0) is 31.2 Å². The topological polar surface area (TPSA) is 82.5 Å². The highest BCUT2D eigenvalue weighted by atomic mass is 127. The van der Waals surface area contributed by atoms with E-state index >= 15 is 0 Å². The van der Waals surface area contributed by atoms with E-state index in [-0.39, 0.29) is 36.4 Å². The zero-order valence-electron chi connectivity index (χ0n) is 15.8. The van der Waals surface area contributed by atoms with Gasteiger partial charge in [0.2, 0.25) is 5.91 Å². The van der Waals surface area contributed by atoms with Crippen LogP contribution in [0.2, 0.25) is 0 Å². The van der Waals surface area contributed by atoms with Crippen LogP contribution in [-0.4, -0.2) is 53.4 Å². The molecular weight excluding hydrogens is 455 g/mol. The third-order valence-corrected chi connectivity index (χ3v) is 3.73. The van der Waals surface area contributed by atoms with Crippen molar-refractivity contribution in [2.75, 3.05) is 26.7 Å². The van der Waals surface area contributed by atoms with Gasteiger partial charge in [-0.25, -0.2) is 4.99 Å². The summed E-state index contributed by atoms with van der Waals surface area (Å²) >= 11 is 0. The van der Waals surface area contributed by atoms with Crippen molar-refractivity contribution in [2.45, 2.75) is 19.9 Å². The molecule has 2 rings (SSSR count). The van der Waals surface area contributed by atoms with Crippen molar-refractivity contribution in [3.05, 3.63) is 60.2 Å². The summed E-state index contributed by atoms with van der Waals surface area (Å²) in [6.07, 6.45) is 4.24. The average molecular weight is 482 g/mol. The lowest BCUT2D eigenvalue weighted by molar-refractivity contribution is -0.128. The molecule has 2 heterocycles. The van der Waals surface area contributed by atoms with Gasteiger partial charge in [-0.3, -0.25) is 14.8 Å². The third kappa shape index (κ3) is 8.80. The lowest BCUT2D eigenvalue weighted by Gasteiger charge is -2.18. The summed E-state index contributed by atoms with van der Waals surface area (Å²) in [6.45, 7) is 3.97. The molecule has 8 heteroatoms. The van der Waals surface area contributed by atoms with Crippen molar-refractivity contribution < 1.29 is 4.79 Å². The summed E-state index contributed by atoms with van der Waals surface area (Å²) in [5.41, 5.74) is 1.86. The lowest BCUT2D eigenvalue weighted by atomic mass is 10.2. The second-order valence-corrected chi connectivity index (χ2v) is 5.76. The van der Waals surface area contributed by atoms with Crippen LogP contribution >= 0.6 is 24.0 Å². The Morgan fingerprint density at radius 1 is 1.07 bits per heavy atom. The van der Waals surface area contributed by atoms with Gasteiger partial charge in [0, 0.05) is 44.6 Å². The van der Waals surface area contributed by atoms with Gasteiger partial charge in [-0.1, -0.05) is 12.1 Å². The Balaban J connectivity index is 0.00000364. The minimum atomic E-state index is 0. The third-order valence-electron chi connectivity index (χ3n) is 3.73. The summed E-state index contributed by atoms with van der Waals surface area (Å²) in [4.78, 5) is 27.0.